The molecule has 1 aliphatic rings. The third kappa shape index (κ3) is 2.50. The van der Waals surface area contributed by atoms with Gasteiger partial charge < -0.3 is 10.2 Å². The van der Waals surface area contributed by atoms with Crippen LogP contribution in [0.4, 0.5) is 0 Å². The number of nitrogens with zero attached hydrogens (tertiary/aromatic N) is 1. The summed E-state index contributed by atoms with van der Waals surface area (Å²) >= 11 is 0. The summed E-state index contributed by atoms with van der Waals surface area (Å²) in [4.78, 5) is 13.0. The summed E-state index contributed by atoms with van der Waals surface area (Å²) in [5.41, 5.74) is 0. The molecule has 1 N–H and O–H groups in total. The minimum absolute atomic E-state index is 0.187. The standard InChI is InChI=1S/C8H15N2O/c1-9-7-8(11)10-5-3-2-4-6-10/h5,9H,2-4,6-7H2,1H3. The molecule has 3 nitrogen and oxygen atoms in total. The van der Waals surface area contributed by atoms with Gasteiger partial charge in [0.05, 0.1) is 13.1 Å². The molecule has 0 aromatic carbocycles. The van der Waals surface area contributed by atoms with Gasteiger partial charge in [0.1, 0.15) is 0 Å². The molecule has 11 heavy (non-hydrogen) atoms. The van der Waals surface area contributed by atoms with Crippen LogP contribution in [0.25, 0.3) is 0 Å². The number of nitrogens with one attached hydrogen (secondary N) is 1. The van der Waals surface area contributed by atoms with Crippen LogP contribution in [-0.2, 0) is 4.79 Å². The monoisotopic (exact) mass is 155 g/mol. The van der Waals surface area contributed by atoms with Crippen LogP contribution < -0.4 is 5.32 Å². The summed E-state index contributed by atoms with van der Waals surface area (Å²) in [5.74, 6) is 0.187. The molecular formula is C8H15N2O. The Morgan fingerprint density at radius 2 is 2.45 bits per heavy atom. The molecular weight excluding hydrogens is 140 g/mol. The van der Waals surface area contributed by atoms with Crippen molar-refractivity contribution in [3.63, 3.8) is 0 Å². The minimum atomic E-state index is 0.187. The topological polar surface area (TPSA) is 32.3 Å². The van der Waals surface area contributed by atoms with Crippen LogP contribution in [0.5, 0.6) is 0 Å². The number of likely N-dealkylation sites (N-methyl/N-ethyl adjacent to an activating group) is 1. The average Bonchev–Trinajstić information content (AvgIpc) is 2.07. The number of hydrogen-bond acceptors (Lipinski definition) is 2. The molecule has 0 atom stereocenters. The zero-order valence-corrected chi connectivity index (χ0v) is 6.97. The van der Waals surface area contributed by atoms with Gasteiger partial charge in [0.25, 0.3) is 0 Å². The van der Waals surface area contributed by atoms with Gasteiger partial charge in [-0.15, -0.1) is 0 Å². The summed E-state index contributed by atoms with van der Waals surface area (Å²) in [6.45, 7) is 3.36. The molecule has 0 aliphatic carbocycles. The summed E-state index contributed by atoms with van der Waals surface area (Å²) in [6.07, 6.45) is 3.42. The third-order valence-electron chi connectivity index (χ3n) is 1.85. The van der Waals surface area contributed by atoms with Crippen molar-refractivity contribution in [1.82, 2.24) is 10.2 Å². The van der Waals surface area contributed by atoms with Crippen molar-refractivity contribution in [3.8, 4) is 0 Å². The molecule has 0 saturated carbocycles. The number of amides is 1. The SMILES string of the molecule is CNCC(=O)N1[CH]CCCC1. The Balaban J connectivity index is 2.27. The zero-order valence-electron chi connectivity index (χ0n) is 6.97. The highest BCUT2D eigenvalue weighted by Gasteiger charge is 2.15. The van der Waals surface area contributed by atoms with Crippen LogP contribution in [0, 0.1) is 6.54 Å². The highest BCUT2D eigenvalue weighted by atomic mass is 16.2. The number of piperidine rings is 1. The number of likely N-dealkylation sites (tertiary alicyclic amines) is 1. The van der Waals surface area contributed by atoms with Gasteiger partial charge in [-0.1, -0.05) is 0 Å². The van der Waals surface area contributed by atoms with E-state index in [1.54, 1.807) is 7.05 Å². The summed E-state index contributed by atoms with van der Waals surface area (Å²) in [7, 11) is 1.79. The fourth-order valence-corrected chi connectivity index (χ4v) is 1.24. The molecule has 0 aromatic rings. The number of carbonyl (C=O) groups is 1. The van der Waals surface area contributed by atoms with Crippen molar-refractivity contribution in [3.05, 3.63) is 6.54 Å². The van der Waals surface area contributed by atoms with Crippen LogP contribution in [0.2, 0.25) is 0 Å². The average molecular weight is 155 g/mol. The fraction of sp³-hybridized carbons (Fsp3) is 0.750. The predicted octanol–water partition coefficient (Wildman–Crippen LogP) is 0.380. The largest absolute Gasteiger partial charge is 0.337 e. The lowest BCUT2D eigenvalue weighted by molar-refractivity contribution is -0.129. The first-order valence-electron chi connectivity index (χ1n) is 4.12. The van der Waals surface area contributed by atoms with E-state index in [0.717, 1.165) is 19.4 Å². The first kappa shape index (κ1) is 8.53. The molecule has 1 fully saturated rings. The molecule has 1 saturated heterocycles. The van der Waals surface area contributed by atoms with E-state index in [4.69, 9.17) is 0 Å². The van der Waals surface area contributed by atoms with Crippen molar-refractivity contribution in [2.24, 2.45) is 0 Å². The molecule has 1 radical (unpaired) electrons. The van der Waals surface area contributed by atoms with Crippen LogP contribution in [0.1, 0.15) is 19.3 Å². The highest BCUT2D eigenvalue weighted by Crippen LogP contribution is 2.11. The number of carbonyl (C=O) groups excluding carboxylic acids is 1. The van der Waals surface area contributed by atoms with Crippen molar-refractivity contribution >= 4 is 5.91 Å². The maximum atomic E-state index is 11.2. The Hall–Kier alpha value is -0.570. The van der Waals surface area contributed by atoms with Gasteiger partial charge in [0.15, 0.2) is 0 Å². The van der Waals surface area contributed by atoms with Crippen LogP contribution in [0.15, 0.2) is 0 Å². The minimum Gasteiger partial charge on any atom is -0.337 e. The molecule has 1 amide bonds. The van der Waals surface area contributed by atoms with Crippen LogP contribution >= 0.6 is 0 Å². The maximum absolute atomic E-state index is 11.2. The molecule has 63 valence electrons. The lowest BCUT2D eigenvalue weighted by Gasteiger charge is -2.25. The van der Waals surface area contributed by atoms with E-state index in [-0.39, 0.29) is 5.91 Å². The maximum Gasteiger partial charge on any atom is 0.236 e. The Morgan fingerprint density at radius 1 is 1.64 bits per heavy atom. The Bertz CT molecular complexity index is 130. The van der Waals surface area contributed by atoms with Gasteiger partial charge in [-0.3, -0.25) is 4.79 Å². The van der Waals surface area contributed by atoms with Crippen molar-refractivity contribution < 1.29 is 4.79 Å². The molecule has 0 unspecified atom stereocenters. The first-order chi connectivity index (χ1) is 5.34. The molecule has 0 aromatic heterocycles. The predicted molar refractivity (Wildman–Crippen MR) is 43.8 cm³/mol. The van der Waals surface area contributed by atoms with E-state index in [2.05, 4.69) is 5.32 Å². The quantitative estimate of drug-likeness (QED) is 0.625. The lowest BCUT2D eigenvalue weighted by atomic mass is 10.1. The van der Waals surface area contributed by atoms with Gasteiger partial charge in [0, 0.05) is 6.54 Å². The zero-order chi connectivity index (χ0) is 8.10. The van der Waals surface area contributed by atoms with E-state index in [0.29, 0.717) is 6.54 Å². The Morgan fingerprint density at radius 3 is 3.00 bits per heavy atom. The molecule has 3 heteroatoms. The fourth-order valence-electron chi connectivity index (χ4n) is 1.24. The second-order valence-electron chi connectivity index (χ2n) is 2.80. The van der Waals surface area contributed by atoms with Gasteiger partial charge in [-0.25, -0.2) is 0 Å². The first-order valence-corrected chi connectivity index (χ1v) is 4.12. The molecule has 1 heterocycles. The van der Waals surface area contributed by atoms with Gasteiger partial charge in [-0.2, -0.15) is 0 Å². The second kappa shape index (κ2) is 4.34. The molecule has 1 rings (SSSR count). The smallest absolute Gasteiger partial charge is 0.236 e. The molecule has 0 bridgehead atoms. The van der Waals surface area contributed by atoms with E-state index >= 15 is 0 Å². The molecule has 0 spiro atoms. The number of rotatable bonds is 2. The van der Waals surface area contributed by atoms with E-state index in [1.165, 1.54) is 6.42 Å². The van der Waals surface area contributed by atoms with Crippen LogP contribution in [0.3, 0.4) is 0 Å². The normalized spacial score (nSPS) is 18.5. The van der Waals surface area contributed by atoms with Gasteiger partial charge in [0.2, 0.25) is 5.91 Å². The Labute approximate surface area is 67.8 Å². The van der Waals surface area contributed by atoms with Gasteiger partial charge in [-0.05, 0) is 26.3 Å². The van der Waals surface area contributed by atoms with Crippen LogP contribution in [-0.4, -0.2) is 30.9 Å². The highest BCUT2D eigenvalue weighted by molar-refractivity contribution is 5.78. The van der Waals surface area contributed by atoms with E-state index in [1.807, 2.05) is 11.4 Å². The number of hydrogen-bond donors (Lipinski definition) is 1. The summed E-state index contributed by atoms with van der Waals surface area (Å²) in [6, 6.07) is 0. The van der Waals surface area contributed by atoms with Crippen molar-refractivity contribution in [2.75, 3.05) is 20.1 Å². The Kier molecular flexibility index (Phi) is 3.36. The summed E-state index contributed by atoms with van der Waals surface area (Å²) in [5, 5.41) is 2.85. The second-order valence-corrected chi connectivity index (χ2v) is 2.80. The van der Waals surface area contributed by atoms with Crippen molar-refractivity contribution in [1.29, 1.82) is 0 Å². The van der Waals surface area contributed by atoms with E-state index < -0.39 is 0 Å². The summed E-state index contributed by atoms with van der Waals surface area (Å²) < 4.78 is 0. The molecule has 1 aliphatic heterocycles. The third-order valence-corrected chi connectivity index (χ3v) is 1.85. The van der Waals surface area contributed by atoms with E-state index in [9.17, 15) is 4.79 Å². The van der Waals surface area contributed by atoms with Crippen molar-refractivity contribution in [2.45, 2.75) is 19.3 Å². The van der Waals surface area contributed by atoms with Gasteiger partial charge >= 0.3 is 0 Å². The lowest BCUT2D eigenvalue weighted by Crippen LogP contribution is -2.37.